The topological polar surface area (TPSA) is 70.5 Å². The molecule has 3 rings (SSSR count). The number of benzene rings is 2. The van der Waals surface area contributed by atoms with Crippen LogP contribution in [0.4, 0.5) is 5.69 Å². The highest BCUT2D eigenvalue weighted by Gasteiger charge is 2.15. The fraction of sp³-hybridized carbons (Fsp3) is 0.240. The highest BCUT2D eigenvalue weighted by molar-refractivity contribution is 7.86. The third-order valence-corrected chi connectivity index (χ3v) is 5.82. The normalized spacial score (nSPS) is 11.2. The number of aryl methyl sites for hydroxylation is 4. The Bertz CT molecular complexity index is 1140. The molecule has 0 aliphatic carbocycles. The van der Waals surface area contributed by atoms with Crippen molar-refractivity contribution in [3.05, 3.63) is 88.2 Å². The zero-order valence-corrected chi connectivity index (χ0v) is 19.7. The van der Waals surface area contributed by atoms with Gasteiger partial charge in [-0.1, -0.05) is 42.0 Å². The maximum Gasteiger partial charge on any atom is 0.295 e. The maximum atomic E-state index is 10.9. The van der Waals surface area contributed by atoms with Gasteiger partial charge in [0.05, 0.1) is 4.90 Å². The molecular weight excluding hydrogens is 408 g/mol. The van der Waals surface area contributed by atoms with Gasteiger partial charge in [0, 0.05) is 31.7 Å². The van der Waals surface area contributed by atoms with E-state index in [4.69, 9.17) is 4.55 Å². The molecule has 164 valence electrons. The molecule has 2 aromatic carbocycles. The van der Waals surface area contributed by atoms with Crippen LogP contribution in [0.2, 0.25) is 0 Å². The van der Waals surface area contributed by atoms with Crippen LogP contribution < -0.4 is 4.90 Å². The lowest BCUT2D eigenvalue weighted by Gasteiger charge is -2.11. The Morgan fingerprint density at radius 2 is 1.39 bits per heavy atom. The summed E-state index contributed by atoms with van der Waals surface area (Å²) < 4.78 is 30.8. The lowest BCUT2D eigenvalue weighted by Crippen LogP contribution is -2.07. The van der Waals surface area contributed by atoms with Gasteiger partial charge in [-0.3, -0.25) is 9.54 Å². The minimum Gasteiger partial charge on any atom is -0.378 e. The van der Waals surface area contributed by atoms with Gasteiger partial charge in [-0.05, 0) is 74.2 Å². The Balaban J connectivity index is 0.000000233. The summed E-state index contributed by atoms with van der Waals surface area (Å²) in [5.41, 5.74) is 6.80. The van der Waals surface area contributed by atoms with Crippen molar-refractivity contribution in [2.75, 3.05) is 19.0 Å². The quantitative estimate of drug-likeness (QED) is 0.546. The van der Waals surface area contributed by atoms with Crippen molar-refractivity contribution < 1.29 is 13.0 Å². The van der Waals surface area contributed by atoms with Gasteiger partial charge in [-0.15, -0.1) is 0 Å². The van der Waals surface area contributed by atoms with E-state index in [-0.39, 0.29) is 4.90 Å². The van der Waals surface area contributed by atoms with Crippen molar-refractivity contribution in [1.29, 1.82) is 0 Å². The number of aromatic nitrogens is 1. The van der Waals surface area contributed by atoms with Gasteiger partial charge in [0.1, 0.15) is 0 Å². The lowest BCUT2D eigenvalue weighted by atomic mass is 10.1. The van der Waals surface area contributed by atoms with E-state index in [9.17, 15) is 8.42 Å². The van der Waals surface area contributed by atoms with Crippen molar-refractivity contribution in [3.63, 3.8) is 0 Å². The molecule has 0 amide bonds. The Labute approximate surface area is 185 Å². The van der Waals surface area contributed by atoms with Crippen LogP contribution in [0.25, 0.3) is 12.2 Å². The second-order valence-corrected chi connectivity index (χ2v) is 9.11. The molecule has 0 atom stereocenters. The third kappa shape index (κ3) is 7.35. The molecule has 1 heterocycles. The van der Waals surface area contributed by atoms with Crippen LogP contribution in [0, 0.1) is 27.7 Å². The number of hydrogen-bond acceptors (Lipinski definition) is 4. The smallest absolute Gasteiger partial charge is 0.295 e. The summed E-state index contributed by atoms with van der Waals surface area (Å²) in [4.78, 5) is 6.31. The Morgan fingerprint density at radius 1 is 0.839 bits per heavy atom. The number of anilines is 1. The van der Waals surface area contributed by atoms with Gasteiger partial charge in [0.25, 0.3) is 10.1 Å². The van der Waals surface area contributed by atoms with Crippen LogP contribution in [0.15, 0.2) is 59.6 Å². The molecule has 0 radical (unpaired) electrons. The number of nitrogens with zero attached hydrogens (tertiary/aromatic N) is 2. The van der Waals surface area contributed by atoms with E-state index in [1.54, 1.807) is 26.0 Å². The Morgan fingerprint density at radius 3 is 1.87 bits per heavy atom. The first kappa shape index (κ1) is 24.3. The average Bonchev–Trinajstić information content (AvgIpc) is 2.65. The molecule has 0 fully saturated rings. The molecule has 5 nitrogen and oxygen atoms in total. The average molecular weight is 439 g/mol. The second kappa shape index (κ2) is 10.4. The van der Waals surface area contributed by atoms with Gasteiger partial charge in [0.2, 0.25) is 0 Å². The predicted octanol–water partition coefficient (Wildman–Crippen LogP) is 5.48. The van der Waals surface area contributed by atoms with Crippen LogP contribution in [-0.4, -0.2) is 32.0 Å². The van der Waals surface area contributed by atoms with E-state index in [0.717, 1.165) is 11.3 Å². The van der Waals surface area contributed by atoms with Gasteiger partial charge in [-0.2, -0.15) is 8.42 Å². The number of pyridine rings is 1. The summed E-state index contributed by atoms with van der Waals surface area (Å²) >= 11 is 0. The van der Waals surface area contributed by atoms with Crippen molar-refractivity contribution in [1.82, 2.24) is 4.98 Å². The fourth-order valence-corrected chi connectivity index (χ4v) is 4.25. The van der Waals surface area contributed by atoms with E-state index in [1.807, 2.05) is 40.2 Å². The van der Waals surface area contributed by atoms with Crippen molar-refractivity contribution >= 4 is 28.0 Å². The molecular formula is C25H30N2O3S. The van der Waals surface area contributed by atoms with Crippen LogP contribution in [0.1, 0.15) is 33.5 Å². The van der Waals surface area contributed by atoms with Crippen molar-refractivity contribution in [2.24, 2.45) is 0 Å². The molecule has 1 aromatic heterocycles. The van der Waals surface area contributed by atoms with Gasteiger partial charge in [0.15, 0.2) is 0 Å². The minimum absolute atomic E-state index is 0.0260. The summed E-state index contributed by atoms with van der Waals surface area (Å²) in [7, 11) is 0.0115. The van der Waals surface area contributed by atoms with E-state index in [1.165, 1.54) is 16.8 Å². The van der Waals surface area contributed by atoms with Gasteiger partial charge >= 0.3 is 0 Å². The summed E-state index contributed by atoms with van der Waals surface area (Å²) in [6.45, 7) is 7.23. The molecule has 0 bridgehead atoms. The lowest BCUT2D eigenvalue weighted by molar-refractivity contribution is 0.482. The largest absolute Gasteiger partial charge is 0.378 e. The van der Waals surface area contributed by atoms with Crippen LogP contribution >= 0.6 is 0 Å². The molecule has 1 N–H and O–H groups in total. The van der Waals surface area contributed by atoms with Crippen LogP contribution in [-0.2, 0) is 10.1 Å². The molecule has 0 unspecified atom stereocenters. The van der Waals surface area contributed by atoms with E-state index in [2.05, 4.69) is 52.4 Å². The number of rotatable bonds is 4. The Hall–Kier alpha value is -2.96. The molecule has 0 aliphatic heterocycles. The molecule has 31 heavy (non-hydrogen) atoms. The Kier molecular flexibility index (Phi) is 8.14. The van der Waals surface area contributed by atoms with Crippen LogP contribution in [0.3, 0.4) is 0 Å². The van der Waals surface area contributed by atoms with E-state index < -0.39 is 10.1 Å². The summed E-state index contributed by atoms with van der Waals surface area (Å²) in [6, 6.07) is 16.0. The first-order valence-corrected chi connectivity index (χ1v) is 11.3. The highest BCUT2D eigenvalue weighted by Crippen LogP contribution is 2.21. The summed E-state index contributed by atoms with van der Waals surface area (Å²) in [6.07, 6.45) is 6.07. The molecule has 0 aliphatic rings. The maximum absolute atomic E-state index is 10.9. The SMILES string of the molecule is Cc1cc(C)c(S(=O)(=O)O)c(C)c1.Cc1cc(C=Cc2ccc(N(C)C)cc2)ccn1. The van der Waals surface area contributed by atoms with E-state index in [0.29, 0.717) is 11.1 Å². The molecule has 6 heteroatoms. The summed E-state index contributed by atoms with van der Waals surface area (Å²) in [5, 5.41) is 0. The minimum atomic E-state index is -4.08. The zero-order valence-electron chi connectivity index (χ0n) is 18.9. The first-order chi connectivity index (χ1) is 14.5. The summed E-state index contributed by atoms with van der Waals surface area (Å²) in [5.74, 6) is 0. The fourth-order valence-electron chi connectivity index (χ4n) is 3.32. The molecule has 3 aromatic rings. The monoisotopic (exact) mass is 438 g/mol. The van der Waals surface area contributed by atoms with Gasteiger partial charge < -0.3 is 4.90 Å². The van der Waals surface area contributed by atoms with E-state index >= 15 is 0 Å². The first-order valence-electron chi connectivity index (χ1n) is 9.91. The third-order valence-electron chi connectivity index (χ3n) is 4.66. The van der Waals surface area contributed by atoms with Crippen molar-refractivity contribution in [3.8, 4) is 0 Å². The van der Waals surface area contributed by atoms with Crippen LogP contribution in [0.5, 0.6) is 0 Å². The second-order valence-electron chi connectivity index (χ2n) is 7.75. The molecule has 0 saturated carbocycles. The van der Waals surface area contributed by atoms with Crippen molar-refractivity contribution in [2.45, 2.75) is 32.6 Å². The highest BCUT2D eigenvalue weighted by atomic mass is 32.2. The van der Waals surface area contributed by atoms with Gasteiger partial charge in [-0.25, -0.2) is 0 Å². The zero-order chi connectivity index (χ0) is 23.2. The molecule has 0 saturated heterocycles. The predicted molar refractivity (Wildman–Crippen MR) is 129 cm³/mol. The molecule has 0 spiro atoms. The number of hydrogen-bond donors (Lipinski definition) is 1. The standard InChI is InChI=1S/C16H18N2.C9H12O3S/c1-13-12-15(10-11-17-13)5-4-14-6-8-16(9-7-14)18(2)3;1-6-4-7(2)9(8(3)5-6)13(10,11)12/h4-12H,1-3H3;4-5H,1-3H3,(H,10,11,12).